The molecular formula is C19H19N3O5. The first-order valence-corrected chi connectivity index (χ1v) is 8.63. The van der Waals surface area contributed by atoms with Crippen LogP contribution in [0.2, 0.25) is 0 Å². The highest BCUT2D eigenvalue weighted by molar-refractivity contribution is 6.03. The summed E-state index contributed by atoms with van der Waals surface area (Å²) in [6.45, 7) is 2.42. The topological polar surface area (TPSA) is 107 Å². The average Bonchev–Trinajstić information content (AvgIpc) is 2.98. The van der Waals surface area contributed by atoms with Crippen LogP contribution in [0, 0.1) is 10.1 Å². The van der Waals surface area contributed by atoms with Crippen molar-refractivity contribution in [3.05, 3.63) is 74.1 Å². The van der Waals surface area contributed by atoms with Crippen LogP contribution in [0.3, 0.4) is 0 Å². The maximum Gasteiger partial charge on any atom is 0.339 e. The van der Waals surface area contributed by atoms with E-state index in [0.717, 1.165) is 12.8 Å². The molecule has 1 heterocycles. The second kappa shape index (κ2) is 7.86. The lowest BCUT2D eigenvalue weighted by Gasteiger charge is -2.04. The molecule has 140 valence electrons. The summed E-state index contributed by atoms with van der Waals surface area (Å²) in [4.78, 5) is 35.5. The number of hydrogen-bond donors (Lipinski definition) is 1. The molecule has 2 aromatic carbocycles. The van der Waals surface area contributed by atoms with Crippen LogP contribution in [-0.4, -0.2) is 27.3 Å². The van der Waals surface area contributed by atoms with Crippen molar-refractivity contribution in [2.75, 3.05) is 6.61 Å². The van der Waals surface area contributed by atoms with Crippen LogP contribution >= 0.6 is 0 Å². The van der Waals surface area contributed by atoms with Crippen LogP contribution in [0.1, 0.15) is 35.7 Å². The van der Waals surface area contributed by atoms with Crippen LogP contribution in [-0.2, 0) is 11.3 Å². The first-order chi connectivity index (χ1) is 13.0. The summed E-state index contributed by atoms with van der Waals surface area (Å²) >= 11 is 0. The van der Waals surface area contributed by atoms with Gasteiger partial charge in [-0.25, -0.2) is 9.48 Å². The second-order valence-electron chi connectivity index (χ2n) is 6.15. The van der Waals surface area contributed by atoms with E-state index in [2.05, 4.69) is 5.10 Å². The number of aromatic nitrogens is 2. The maximum atomic E-state index is 12.8. The fourth-order valence-electron chi connectivity index (χ4n) is 2.83. The van der Waals surface area contributed by atoms with Crippen molar-refractivity contribution in [1.29, 1.82) is 0 Å². The summed E-state index contributed by atoms with van der Waals surface area (Å²) < 4.78 is 6.55. The van der Waals surface area contributed by atoms with E-state index in [9.17, 15) is 19.7 Å². The van der Waals surface area contributed by atoms with Gasteiger partial charge in [-0.15, -0.1) is 0 Å². The van der Waals surface area contributed by atoms with Crippen molar-refractivity contribution < 1.29 is 14.5 Å². The van der Waals surface area contributed by atoms with Gasteiger partial charge >= 0.3 is 5.97 Å². The number of ether oxygens (including phenoxy) is 1. The summed E-state index contributed by atoms with van der Waals surface area (Å²) in [5.74, 6) is -0.535. The number of nitrogens with one attached hydrogen (secondary N) is 1. The van der Waals surface area contributed by atoms with Gasteiger partial charge < -0.3 is 4.74 Å². The van der Waals surface area contributed by atoms with Crippen LogP contribution < -0.4 is 5.56 Å². The number of hydrogen-bond acceptors (Lipinski definition) is 5. The van der Waals surface area contributed by atoms with Crippen LogP contribution in [0.15, 0.2) is 47.3 Å². The molecule has 1 N–H and O–H groups in total. The Balaban J connectivity index is 1.95. The van der Waals surface area contributed by atoms with Crippen molar-refractivity contribution >= 4 is 22.6 Å². The number of non-ortho nitro benzene ring substituents is 1. The van der Waals surface area contributed by atoms with Crippen molar-refractivity contribution in [2.45, 2.75) is 26.3 Å². The van der Waals surface area contributed by atoms with Crippen LogP contribution in [0.25, 0.3) is 10.9 Å². The van der Waals surface area contributed by atoms with Gasteiger partial charge in [-0.2, -0.15) is 0 Å². The van der Waals surface area contributed by atoms with Gasteiger partial charge in [-0.1, -0.05) is 31.5 Å². The number of esters is 1. The SMILES string of the molecule is CCCCOC(=O)c1cccc2[nH]n(Cc3cccc([N+](=O)[O-])c3)c(=O)c12. The molecule has 0 saturated carbocycles. The lowest BCUT2D eigenvalue weighted by molar-refractivity contribution is -0.384. The van der Waals surface area contributed by atoms with Gasteiger partial charge in [0.05, 0.1) is 34.5 Å². The molecule has 0 saturated heterocycles. The van der Waals surface area contributed by atoms with Gasteiger partial charge in [0.15, 0.2) is 0 Å². The van der Waals surface area contributed by atoms with Gasteiger partial charge in [-0.3, -0.25) is 20.0 Å². The Bertz CT molecular complexity index is 1050. The van der Waals surface area contributed by atoms with Crippen LogP contribution in [0.5, 0.6) is 0 Å². The third-order valence-electron chi connectivity index (χ3n) is 4.19. The van der Waals surface area contributed by atoms with Crippen molar-refractivity contribution in [3.63, 3.8) is 0 Å². The van der Waals surface area contributed by atoms with Gasteiger partial charge in [0.1, 0.15) is 0 Å². The predicted molar refractivity (Wildman–Crippen MR) is 99.9 cm³/mol. The first kappa shape index (κ1) is 18.4. The lowest BCUT2D eigenvalue weighted by atomic mass is 10.1. The summed E-state index contributed by atoms with van der Waals surface area (Å²) in [5.41, 5.74) is 0.902. The largest absolute Gasteiger partial charge is 0.462 e. The first-order valence-electron chi connectivity index (χ1n) is 8.63. The predicted octanol–water partition coefficient (Wildman–Crippen LogP) is 3.24. The van der Waals surface area contributed by atoms with E-state index in [1.807, 2.05) is 6.92 Å². The molecule has 27 heavy (non-hydrogen) atoms. The molecular weight excluding hydrogens is 350 g/mol. The van der Waals surface area contributed by atoms with E-state index < -0.39 is 10.9 Å². The number of aromatic amines is 1. The molecule has 0 bridgehead atoms. The Kier molecular flexibility index (Phi) is 5.35. The zero-order valence-electron chi connectivity index (χ0n) is 14.8. The molecule has 0 amide bonds. The van der Waals surface area contributed by atoms with Crippen molar-refractivity contribution in [1.82, 2.24) is 9.78 Å². The van der Waals surface area contributed by atoms with E-state index in [-0.39, 0.29) is 28.7 Å². The number of unbranched alkanes of at least 4 members (excludes halogenated alkanes) is 1. The highest BCUT2D eigenvalue weighted by Crippen LogP contribution is 2.17. The number of nitro groups is 1. The van der Waals surface area contributed by atoms with Gasteiger partial charge in [0.25, 0.3) is 11.2 Å². The van der Waals surface area contributed by atoms with E-state index in [4.69, 9.17) is 4.74 Å². The summed E-state index contributed by atoms with van der Waals surface area (Å²) in [6.07, 6.45) is 1.66. The minimum atomic E-state index is -0.535. The molecule has 0 atom stereocenters. The third kappa shape index (κ3) is 3.89. The summed E-state index contributed by atoms with van der Waals surface area (Å²) in [6, 6.07) is 11.0. The molecule has 0 spiro atoms. The quantitative estimate of drug-likeness (QED) is 0.298. The maximum absolute atomic E-state index is 12.8. The monoisotopic (exact) mass is 369 g/mol. The Labute approximate surface area is 154 Å². The number of nitro benzene ring substituents is 1. The molecule has 0 aliphatic carbocycles. The molecule has 8 heteroatoms. The Morgan fingerprint density at radius 3 is 2.78 bits per heavy atom. The molecule has 0 fully saturated rings. The molecule has 3 rings (SSSR count). The average molecular weight is 369 g/mol. The molecule has 0 aliphatic rings. The number of carbonyl (C=O) groups is 1. The molecule has 3 aromatic rings. The molecule has 0 unspecified atom stereocenters. The van der Waals surface area contributed by atoms with E-state index in [1.165, 1.54) is 16.8 Å². The second-order valence-corrected chi connectivity index (χ2v) is 6.15. The molecule has 8 nitrogen and oxygen atoms in total. The zero-order valence-corrected chi connectivity index (χ0v) is 14.8. The number of fused-ring (bicyclic) bond motifs is 1. The highest BCUT2D eigenvalue weighted by atomic mass is 16.6. The third-order valence-corrected chi connectivity index (χ3v) is 4.19. The minimum Gasteiger partial charge on any atom is -0.462 e. The molecule has 1 aromatic heterocycles. The fraction of sp³-hybridized carbons (Fsp3) is 0.263. The number of benzene rings is 2. The standard InChI is InChI=1S/C19H19N3O5/c1-2-3-10-27-19(24)15-8-5-9-16-17(15)18(23)21(20-16)12-13-6-4-7-14(11-13)22(25)26/h4-9,11,20H,2-3,10,12H2,1H3. The Hall–Kier alpha value is -3.42. The highest BCUT2D eigenvalue weighted by Gasteiger charge is 2.18. The zero-order chi connectivity index (χ0) is 19.4. The van der Waals surface area contributed by atoms with Crippen LogP contribution in [0.4, 0.5) is 5.69 Å². The number of carbonyl (C=O) groups excluding carboxylic acids is 1. The summed E-state index contributed by atoms with van der Waals surface area (Å²) in [5, 5.41) is 14.1. The molecule has 0 radical (unpaired) electrons. The van der Waals surface area contributed by atoms with E-state index >= 15 is 0 Å². The Morgan fingerprint density at radius 2 is 2.04 bits per heavy atom. The number of H-pyrrole nitrogens is 1. The van der Waals surface area contributed by atoms with E-state index in [0.29, 0.717) is 17.7 Å². The van der Waals surface area contributed by atoms with Crippen molar-refractivity contribution in [3.8, 4) is 0 Å². The fourth-order valence-corrected chi connectivity index (χ4v) is 2.83. The smallest absolute Gasteiger partial charge is 0.339 e. The van der Waals surface area contributed by atoms with Crippen molar-refractivity contribution in [2.24, 2.45) is 0 Å². The van der Waals surface area contributed by atoms with Gasteiger partial charge in [0, 0.05) is 12.1 Å². The lowest BCUT2D eigenvalue weighted by Crippen LogP contribution is -2.19. The minimum absolute atomic E-state index is 0.0446. The summed E-state index contributed by atoms with van der Waals surface area (Å²) in [7, 11) is 0. The Morgan fingerprint density at radius 1 is 1.26 bits per heavy atom. The normalized spacial score (nSPS) is 10.9. The van der Waals surface area contributed by atoms with Gasteiger partial charge in [0.2, 0.25) is 0 Å². The van der Waals surface area contributed by atoms with E-state index in [1.54, 1.807) is 30.3 Å². The number of rotatable bonds is 7. The van der Waals surface area contributed by atoms with Gasteiger partial charge in [-0.05, 0) is 24.1 Å². The molecule has 0 aliphatic heterocycles. The number of nitrogens with zero attached hydrogens (tertiary/aromatic N) is 2.